The Labute approximate surface area is 113 Å². The van der Waals surface area contributed by atoms with E-state index in [4.69, 9.17) is 4.74 Å². The molecule has 1 heterocycles. The molecule has 18 heavy (non-hydrogen) atoms. The highest BCUT2D eigenvalue weighted by Crippen LogP contribution is 2.40. The summed E-state index contributed by atoms with van der Waals surface area (Å²) in [5.41, 5.74) is 0.263. The van der Waals surface area contributed by atoms with E-state index in [2.05, 4.69) is 19.2 Å². The Morgan fingerprint density at radius 1 is 1.28 bits per heavy atom. The second-order valence-electron chi connectivity index (χ2n) is 6.49. The third kappa shape index (κ3) is 3.96. The Bertz CT molecular complexity index is 235. The van der Waals surface area contributed by atoms with Crippen LogP contribution in [0.1, 0.15) is 78.1 Å². The van der Waals surface area contributed by atoms with Gasteiger partial charge in [0.25, 0.3) is 0 Å². The lowest BCUT2D eigenvalue weighted by molar-refractivity contribution is -0.0846. The number of hydrogen-bond acceptors (Lipinski definition) is 2. The summed E-state index contributed by atoms with van der Waals surface area (Å²) >= 11 is 0. The summed E-state index contributed by atoms with van der Waals surface area (Å²) in [5, 5.41) is 3.85. The van der Waals surface area contributed by atoms with Gasteiger partial charge in [-0.15, -0.1) is 0 Å². The smallest absolute Gasteiger partial charge is 0.0697 e. The molecule has 0 amide bonds. The first-order valence-corrected chi connectivity index (χ1v) is 8.14. The lowest BCUT2D eigenvalue weighted by Crippen LogP contribution is -2.48. The second-order valence-corrected chi connectivity index (χ2v) is 6.49. The summed E-state index contributed by atoms with van der Waals surface area (Å²) in [7, 11) is 0. The van der Waals surface area contributed by atoms with Crippen LogP contribution in [-0.2, 0) is 4.74 Å². The molecule has 2 heteroatoms. The molecule has 0 aromatic heterocycles. The number of rotatable bonds is 6. The van der Waals surface area contributed by atoms with Crippen LogP contribution in [0.2, 0.25) is 0 Å². The van der Waals surface area contributed by atoms with E-state index in [9.17, 15) is 0 Å². The number of unbranched alkanes of at least 4 members (excludes halogenated alkanes) is 2. The summed E-state index contributed by atoms with van der Waals surface area (Å²) in [4.78, 5) is 0. The lowest BCUT2D eigenvalue weighted by atomic mass is 9.88. The van der Waals surface area contributed by atoms with Crippen LogP contribution < -0.4 is 5.32 Å². The Balaban J connectivity index is 1.72. The zero-order chi connectivity index (χ0) is 12.8. The minimum atomic E-state index is 0.263. The summed E-state index contributed by atoms with van der Waals surface area (Å²) in [6.45, 7) is 5.60. The third-order valence-corrected chi connectivity index (χ3v) is 4.77. The second kappa shape index (κ2) is 6.91. The summed E-state index contributed by atoms with van der Waals surface area (Å²) < 4.78 is 6.10. The van der Waals surface area contributed by atoms with Gasteiger partial charge in [-0.05, 0) is 39.0 Å². The van der Waals surface area contributed by atoms with E-state index in [1.165, 1.54) is 64.2 Å². The van der Waals surface area contributed by atoms with Crippen molar-refractivity contribution >= 4 is 0 Å². The van der Waals surface area contributed by atoms with Crippen LogP contribution in [0.3, 0.4) is 0 Å². The van der Waals surface area contributed by atoms with Gasteiger partial charge in [-0.3, -0.25) is 0 Å². The fourth-order valence-corrected chi connectivity index (χ4v) is 3.72. The molecule has 0 bridgehead atoms. The maximum Gasteiger partial charge on any atom is 0.0697 e. The molecule has 2 aliphatic rings. The fourth-order valence-electron chi connectivity index (χ4n) is 3.72. The van der Waals surface area contributed by atoms with Gasteiger partial charge in [-0.1, -0.05) is 39.0 Å². The molecule has 2 rings (SSSR count). The van der Waals surface area contributed by atoms with Crippen molar-refractivity contribution < 1.29 is 4.74 Å². The van der Waals surface area contributed by atoms with Crippen molar-refractivity contribution in [2.75, 3.05) is 6.61 Å². The molecular weight excluding hydrogens is 222 g/mol. The van der Waals surface area contributed by atoms with E-state index < -0.39 is 0 Å². The van der Waals surface area contributed by atoms with Gasteiger partial charge >= 0.3 is 0 Å². The number of ether oxygens (including phenoxy) is 1. The fraction of sp³-hybridized carbons (Fsp3) is 1.00. The van der Waals surface area contributed by atoms with Crippen molar-refractivity contribution in [2.45, 2.75) is 95.7 Å². The van der Waals surface area contributed by atoms with E-state index in [0.29, 0.717) is 12.1 Å². The first kappa shape index (κ1) is 14.3. The van der Waals surface area contributed by atoms with Crippen molar-refractivity contribution in [2.24, 2.45) is 0 Å². The molecule has 2 atom stereocenters. The van der Waals surface area contributed by atoms with Gasteiger partial charge in [0.05, 0.1) is 5.60 Å². The first-order valence-electron chi connectivity index (χ1n) is 8.14. The first-order chi connectivity index (χ1) is 8.74. The molecule has 2 unspecified atom stereocenters. The minimum Gasteiger partial charge on any atom is -0.375 e. The van der Waals surface area contributed by atoms with Crippen molar-refractivity contribution in [1.29, 1.82) is 0 Å². The topological polar surface area (TPSA) is 21.3 Å². The largest absolute Gasteiger partial charge is 0.375 e. The van der Waals surface area contributed by atoms with Crippen molar-refractivity contribution in [3.8, 4) is 0 Å². The number of nitrogens with one attached hydrogen (secondary N) is 1. The highest BCUT2D eigenvalue weighted by molar-refractivity contribution is 4.93. The molecule has 2 nitrogen and oxygen atoms in total. The van der Waals surface area contributed by atoms with E-state index in [1.807, 2.05) is 0 Å². The van der Waals surface area contributed by atoms with Crippen LogP contribution in [0.15, 0.2) is 0 Å². The van der Waals surface area contributed by atoms with Gasteiger partial charge in [-0.25, -0.2) is 0 Å². The normalized spacial score (nSPS) is 28.7. The van der Waals surface area contributed by atoms with Crippen LogP contribution in [0.4, 0.5) is 0 Å². The Morgan fingerprint density at radius 2 is 2.06 bits per heavy atom. The van der Waals surface area contributed by atoms with Gasteiger partial charge < -0.3 is 10.1 Å². The molecule has 1 N–H and O–H groups in total. The monoisotopic (exact) mass is 253 g/mol. The molecule has 1 aliphatic heterocycles. The zero-order valence-electron chi connectivity index (χ0n) is 12.3. The Morgan fingerprint density at radius 3 is 2.78 bits per heavy atom. The van der Waals surface area contributed by atoms with E-state index in [1.54, 1.807) is 0 Å². The molecular formula is C16H31NO. The predicted molar refractivity (Wildman–Crippen MR) is 76.9 cm³/mol. The van der Waals surface area contributed by atoms with Crippen LogP contribution in [-0.4, -0.2) is 24.3 Å². The quantitative estimate of drug-likeness (QED) is 0.721. The molecule has 0 aromatic carbocycles. The van der Waals surface area contributed by atoms with Crippen molar-refractivity contribution in [3.63, 3.8) is 0 Å². The van der Waals surface area contributed by atoms with Crippen LogP contribution >= 0.6 is 0 Å². The maximum atomic E-state index is 6.10. The van der Waals surface area contributed by atoms with E-state index in [-0.39, 0.29) is 5.60 Å². The van der Waals surface area contributed by atoms with Gasteiger partial charge in [0.2, 0.25) is 0 Å². The Hall–Kier alpha value is -0.0800. The van der Waals surface area contributed by atoms with Crippen LogP contribution in [0, 0.1) is 0 Å². The van der Waals surface area contributed by atoms with Gasteiger partial charge in [0, 0.05) is 18.7 Å². The highest BCUT2D eigenvalue weighted by Gasteiger charge is 2.39. The maximum absolute atomic E-state index is 6.10. The molecule has 1 saturated carbocycles. The summed E-state index contributed by atoms with van der Waals surface area (Å²) in [6, 6.07) is 1.38. The van der Waals surface area contributed by atoms with Crippen molar-refractivity contribution in [1.82, 2.24) is 5.32 Å². The van der Waals surface area contributed by atoms with E-state index >= 15 is 0 Å². The highest BCUT2D eigenvalue weighted by atomic mass is 16.5. The molecule has 106 valence electrons. The summed E-state index contributed by atoms with van der Waals surface area (Å²) in [6.07, 6.45) is 13.2. The standard InChI is InChI=1S/C16H31NO/c1-3-4-5-8-14(2)17-15-9-12-18-16(13-15)10-6-7-11-16/h14-15,17H,3-13H2,1-2H3. The summed E-state index contributed by atoms with van der Waals surface area (Å²) in [5.74, 6) is 0. The van der Waals surface area contributed by atoms with E-state index in [0.717, 1.165) is 6.61 Å². The molecule has 0 aromatic rings. The number of hydrogen-bond donors (Lipinski definition) is 1. The Kier molecular flexibility index (Phi) is 5.50. The average molecular weight is 253 g/mol. The van der Waals surface area contributed by atoms with Gasteiger partial charge in [0.1, 0.15) is 0 Å². The molecule has 0 radical (unpaired) electrons. The molecule has 1 aliphatic carbocycles. The van der Waals surface area contributed by atoms with Gasteiger partial charge in [0.15, 0.2) is 0 Å². The van der Waals surface area contributed by atoms with Crippen molar-refractivity contribution in [3.05, 3.63) is 0 Å². The van der Waals surface area contributed by atoms with Gasteiger partial charge in [-0.2, -0.15) is 0 Å². The van der Waals surface area contributed by atoms with Crippen LogP contribution in [0.25, 0.3) is 0 Å². The minimum absolute atomic E-state index is 0.263. The molecule has 1 saturated heterocycles. The molecule has 2 fully saturated rings. The average Bonchev–Trinajstić information content (AvgIpc) is 2.77. The zero-order valence-corrected chi connectivity index (χ0v) is 12.3. The predicted octanol–water partition coefficient (Wildman–Crippen LogP) is 4.04. The third-order valence-electron chi connectivity index (χ3n) is 4.77. The SMILES string of the molecule is CCCCCC(C)NC1CCOC2(CCCC2)C1. The lowest BCUT2D eigenvalue weighted by Gasteiger charge is -2.39. The van der Waals surface area contributed by atoms with Crippen LogP contribution in [0.5, 0.6) is 0 Å². The molecule has 1 spiro atoms.